The Bertz CT molecular complexity index is 883. The van der Waals surface area contributed by atoms with Gasteiger partial charge in [0, 0.05) is 17.7 Å². The molecule has 2 aromatic rings. The highest BCUT2D eigenvalue weighted by molar-refractivity contribution is 6.29. The predicted octanol–water partition coefficient (Wildman–Crippen LogP) is 3.50. The van der Waals surface area contributed by atoms with Crippen molar-refractivity contribution in [3.05, 3.63) is 93.6 Å². The highest BCUT2D eigenvalue weighted by atomic mass is 16.7. The SMILES string of the molecule is O=C1ON=C(c2cccc([N+](=O)[O-])c2)/C1=C\C=C\c1ccccc1. The number of hydrogen-bond acceptors (Lipinski definition) is 5. The maximum Gasteiger partial charge on any atom is 0.368 e. The quantitative estimate of drug-likeness (QED) is 0.374. The predicted molar refractivity (Wildman–Crippen MR) is 89.3 cm³/mol. The van der Waals surface area contributed by atoms with Gasteiger partial charge in [0.1, 0.15) is 5.71 Å². The Morgan fingerprint density at radius 3 is 2.62 bits per heavy atom. The van der Waals surface area contributed by atoms with Crippen LogP contribution in [0.1, 0.15) is 11.1 Å². The van der Waals surface area contributed by atoms with Gasteiger partial charge in [-0.15, -0.1) is 0 Å². The van der Waals surface area contributed by atoms with Gasteiger partial charge in [-0.05, 0) is 11.6 Å². The molecule has 118 valence electrons. The van der Waals surface area contributed by atoms with E-state index in [0.29, 0.717) is 5.56 Å². The summed E-state index contributed by atoms with van der Waals surface area (Å²) in [6.07, 6.45) is 5.13. The van der Waals surface area contributed by atoms with Crippen molar-refractivity contribution < 1.29 is 14.6 Å². The van der Waals surface area contributed by atoms with E-state index in [4.69, 9.17) is 4.84 Å². The molecule has 1 heterocycles. The number of carbonyl (C=O) groups excluding carboxylic acids is 1. The third-order valence-electron chi connectivity index (χ3n) is 3.38. The summed E-state index contributed by atoms with van der Waals surface area (Å²) in [5.41, 5.74) is 1.89. The fourth-order valence-corrected chi connectivity index (χ4v) is 2.22. The average molecular weight is 320 g/mol. The van der Waals surface area contributed by atoms with Crippen molar-refractivity contribution in [2.75, 3.05) is 0 Å². The summed E-state index contributed by atoms with van der Waals surface area (Å²) in [5.74, 6) is -0.589. The molecule has 3 rings (SSSR count). The van der Waals surface area contributed by atoms with E-state index in [9.17, 15) is 14.9 Å². The van der Waals surface area contributed by atoms with Gasteiger partial charge < -0.3 is 4.84 Å². The molecular formula is C18H12N2O4. The van der Waals surface area contributed by atoms with Gasteiger partial charge in [0.2, 0.25) is 0 Å². The molecule has 0 N–H and O–H groups in total. The maximum absolute atomic E-state index is 11.8. The van der Waals surface area contributed by atoms with Gasteiger partial charge in [-0.2, -0.15) is 0 Å². The standard InChI is InChI=1S/C18H12N2O4/c21-18-16(11-4-8-13-6-2-1-3-7-13)17(19-24-18)14-9-5-10-15(12-14)20(22)23/h1-12H/b8-4+,16-11+. The van der Waals surface area contributed by atoms with E-state index >= 15 is 0 Å². The van der Waals surface area contributed by atoms with E-state index in [0.717, 1.165) is 5.56 Å². The van der Waals surface area contributed by atoms with Crippen LogP contribution in [0.15, 0.2) is 77.5 Å². The van der Waals surface area contributed by atoms with Crippen LogP contribution in [0.2, 0.25) is 0 Å². The summed E-state index contributed by atoms with van der Waals surface area (Å²) in [6.45, 7) is 0. The van der Waals surface area contributed by atoms with Gasteiger partial charge >= 0.3 is 5.97 Å². The molecule has 24 heavy (non-hydrogen) atoms. The second kappa shape index (κ2) is 6.70. The molecule has 0 radical (unpaired) electrons. The molecule has 0 unspecified atom stereocenters. The van der Waals surface area contributed by atoms with E-state index in [2.05, 4.69) is 5.16 Å². The summed E-state index contributed by atoms with van der Waals surface area (Å²) in [4.78, 5) is 26.9. The van der Waals surface area contributed by atoms with Crippen molar-refractivity contribution in [3.8, 4) is 0 Å². The minimum absolute atomic E-state index is 0.0753. The van der Waals surface area contributed by atoms with Crippen LogP contribution in [0.25, 0.3) is 6.08 Å². The van der Waals surface area contributed by atoms with Gasteiger partial charge in [0.15, 0.2) is 0 Å². The lowest BCUT2D eigenvalue weighted by Gasteiger charge is -1.99. The van der Waals surface area contributed by atoms with Gasteiger partial charge in [0.05, 0.1) is 10.5 Å². The Morgan fingerprint density at radius 1 is 1.08 bits per heavy atom. The zero-order valence-electron chi connectivity index (χ0n) is 12.5. The van der Waals surface area contributed by atoms with Gasteiger partial charge in [0.25, 0.3) is 5.69 Å². The Kier molecular flexibility index (Phi) is 4.29. The van der Waals surface area contributed by atoms with Crippen molar-refractivity contribution in [2.45, 2.75) is 0 Å². The lowest BCUT2D eigenvalue weighted by Crippen LogP contribution is -2.07. The molecule has 0 amide bonds. The molecule has 0 spiro atoms. The van der Waals surface area contributed by atoms with Gasteiger partial charge in [-0.25, -0.2) is 4.79 Å². The monoisotopic (exact) mass is 320 g/mol. The number of nitro groups is 1. The highest BCUT2D eigenvalue weighted by Gasteiger charge is 2.27. The molecule has 0 saturated heterocycles. The Balaban J connectivity index is 1.89. The van der Waals surface area contributed by atoms with Crippen LogP contribution in [-0.2, 0) is 9.63 Å². The summed E-state index contributed by atoms with van der Waals surface area (Å²) in [7, 11) is 0. The molecule has 0 aliphatic carbocycles. The summed E-state index contributed by atoms with van der Waals surface area (Å²) >= 11 is 0. The molecule has 0 atom stereocenters. The minimum Gasteiger partial charge on any atom is -0.312 e. The zero-order chi connectivity index (χ0) is 16.9. The molecule has 1 aliphatic rings. The number of nitro benzene ring substituents is 1. The first-order valence-electron chi connectivity index (χ1n) is 7.13. The number of non-ortho nitro benzene ring substituents is 1. The number of allylic oxidation sites excluding steroid dienone is 2. The number of carbonyl (C=O) groups is 1. The van der Waals surface area contributed by atoms with Crippen molar-refractivity contribution in [1.29, 1.82) is 0 Å². The van der Waals surface area contributed by atoms with Gasteiger partial charge in [-0.1, -0.05) is 59.8 Å². The topological polar surface area (TPSA) is 81.8 Å². The number of hydrogen-bond donors (Lipinski definition) is 0. The highest BCUT2D eigenvalue weighted by Crippen LogP contribution is 2.21. The molecule has 6 heteroatoms. The third-order valence-corrected chi connectivity index (χ3v) is 3.38. The summed E-state index contributed by atoms with van der Waals surface area (Å²) in [6, 6.07) is 15.5. The molecule has 0 fully saturated rings. The molecule has 6 nitrogen and oxygen atoms in total. The smallest absolute Gasteiger partial charge is 0.312 e. The van der Waals surface area contributed by atoms with Crippen molar-refractivity contribution in [3.63, 3.8) is 0 Å². The summed E-state index contributed by atoms with van der Waals surface area (Å²) in [5, 5.41) is 14.6. The second-order valence-corrected chi connectivity index (χ2v) is 4.98. The first kappa shape index (κ1) is 15.4. The number of rotatable bonds is 4. The Morgan fingerprint density at radius 2 is 1.88 bits per heavy atom. The van der Waals surface area contributed by atoms with E-state index in [1.165, 1.54) is 18.2 Å². The van der Waals surface area contributed by atoms with Crippen LogP contribution in [0.3, 0.4) is 0 Å². The summed E-state index contributed by atoms with van der Waals surface area (Å²) < 4.78 is 0. The van der Waals surface area contributed by atoms with Crippen molar-refractivity contribution >= 4 is 23.4 Å². The first-order chi connectivity index (χ1) is 11.6. The van der Waals surface area contributed by atoms with E-state index in [-0.39, 0.29) is 17.0 Å². The Hall–Kier alpha value is -3.54. The number of nitrogens with zero attached hydrogens (tertiary/aromatic N) is 2. The van der Waals surface area contributed by atoms with Crippen LogP contribution < -0.4 is 0 Å². The Labute approximate surface area is 137 Å². The number of benzene rings is 2. The largest absolute Gasteiger partial charge is 0.368 e. The lowest BCUT2D eigenvalue weighted by atomic mass is 10.0. The molecule has 0 saturated carbocycles. The third kappa shape index (κ3) is 3.27. The van der Waals surface area contributed by atoms with Crippen LogP contribution in [0.5, 0.6) is 0 Å². The van der Waals surface area contributed by atoms with Crippen molar-refractivity contribution in [1.82, 2.24) is 0 Å². The zero-order valence-corrected chi connectivity index (χ0v) is 12.5. The van der Waals surface area contributed by atoms with Gasteiger partial charge in [-0.3, -0.25) is 10.1 Å². The minimum atomic E-state index is -0.589. The van der Waals surface area contributed by atoms with Crippen LogP contribution in [0, 0.1) is 10.1 Å². The van der Waals surface area contributed by atoms with Crippen LogP contribution in [0.4, 0.5) is 5.69 Å². The van der Waals surface area contributed by atoms with Crippen molar-refractivity contribution in [2.24, 2.45) is 5.16 Å². The second-order valence-electron chi connectivity index (χ2n) is 4.98. The maximum atomic E-state index is 11.8. The normalized spacial score (nSPS) is 15.6. The fourth-order valence-electron chi connectivity index (χ4n) is 2.22. The molecule has 2 aromatic carbocycles. The van der Waals surface area contributed by atoms with Crippen LogP contribution in [-0.4, -0.2) is 16.6 Å². The van der Waals surface area contributed by atoms with E-state index in [1.54, 1.807) is 18.2 Å². The molecule has 0 bridgehead atoms. The lowest BCUT2D eigenvalue weighted by molar-refractivity contribution is -0.384. The number of oxime groups is 1. The van der Waals surface area contributed by atoms with E-state index in [1.807, 2.05) is 36.4 Å². The van der Waals surface area contributed by atoms with Crippen LogP contribution >= 0.6 is 0 Å². The fraction of sp³-hybridized carbons (Fsp3) is 0. The molecular weight excluding hydrogens is 308 g/mol. The molecule has 0 aromatic heterocycles. The first-order valence-corrected chi connectivity index (χ1v) is 7.13. The average Bonchev–Trinajstić information content (AvgIpc) is 2.97. The molecule has 1 aliphatic heterocycles. The van der Waals surface area contributed by atoms with E-state index < -0.39 is 10.9 Å².